The SMILES string of the molecule is Cc1cc(N)nn1CC1CC2CC2C1. The fourth-order valence-electron chi connectivity index (χ4n) is 2.95. The van der Waals surface area contributed by atoms with Crippen LogP contribution < -0.4 is 5.73 Å². The van der Waals surface area contributed by atoms with E-state index in [0.29, 0.717) is 5.82 Å². The number of nitrogen functional groups attached to an aromatic ring is 1. The molecule has 0 amide bonds. The highest BCUT2D eigenvalue weighted by Gasteiger charge is 2.45. The van der Waals surface area contributed by atoms with Gasteiger partial charge in [0.2, 0.25) is 0 Å². The molecule has 2 fully saturated rings. The molecule has 3 heteroatoms. The highest BCUT2D eigenvalue weighted by Crippen LogP contribution is 2.54. The number of hydrogen-bond acceptors (Lipinski definition) is 2. The molecule has 2 N–H and O–H groups in total. The fraction of sp³-hybridized carbons (Fsp3) is 0.727. The Morgan fingerprint density at radius 2 is 2.14 bits per heavy atom. The molecule has 0 radical (unpaired) electrons. The smallest absolute Gasteiger partial charge is 0.145 e. The van der Waals surface area contributed by atoms with Gasteiger partial charge in [0.25, 0.3) is 0 Å². The van der Waals surface area contributed by atoms with Gasteiger partial charge in [-0.05, 0) is 43.9 Å². The average Bonchev–Trinajstić information content (AvgIpc) is 2.59. The van der Waals surface area contributed by atoms with Crippen LogP contribution in [0.25, 0.3) is 0 Å². The minimum Gasteiger partial charge on any atom is -0.382 e. The predicted octanol–water partition coefficient (Wildman–Crippen LogP) is 1.82. The lowest BCUT2D eigenvalue weighted by Gasteiger charge is -2.12. The van der Waals surface area contributed by atoms with Crippen LogP contribution in [0.4, 0.5) is 5.82 Å². The maximum Gasteiger partial charge on any atom is 0.145 e. The Balaban J connectivity index is 1.69. The third-order valence-electron chi connectivity index (χ3n) is 3.77. The monoisotopic (exact) mass is 191 g/mol. The van der Waals surface area contributed by atoms with Crippen LogP contribution in [-0.2, 0) is 6.54 Å². The van der Waals surface area contributed by atoms with Crippen molar-refractivity contribution in [1.82, 2.24) is 9.78 Å². The topological polar surface area (TPSA) is 43.8 Å². The second kappa shape index (κ2) is 2.75. The molecule has 76 valence electrons. The van der Waals surface area contributed by atoms with E-state index in [1.807, 2.05) is 6.07 Å². The van der Waals surface area contributed by atoms with E-state index >= 15 is 0 Å². The van der Waals surface area contributed by atoms with Crippen LogP contribution in [0.1, 0.15) is 25.0 Å². The first-order valence-electron chi connectivity index (χ1n) is 5.52. The minimum atomic E-state index is 0.658. The molecule has 0 saturated heterocycles. The zero-order chi connectivity index (χ0) is 9.71. The van der Waals surface area contributed by atoms with Gasteiger partial charge < -0.3 is 5.73 Å². The Bertz CT molecular complexity index is 345. The molecule has 1 aromatic rings. The summed E-state index contributed by atoms with van der Waals surface area (Å²) in [6, 6.07) is 1.95. The van der Waals surface area contributed by atoms with Crippen molar-refractivity contribution in [2.24, 2.45) is 17.8 Å². The summed E-state index contributed by atoms with van der Waals surface area (Å²) in [6.45, 7) is 3.16. The van der Waals surface area contributed by atoms with Gasteiger partial charge in [-0.2, -0.15) is 5.10 Å². The number of rotatable bonds is 2. The van der Waals surface area contributed by atoms with E-state index in [4.69, 9.17) is 5.73 Å². The van der Waals surface area contributed by atoms with E-state index in [-0.39, 0.29) is 0 Å². The zero-order valence-electron chi connectivity index (χ0n) is 8.61. The second-order valence-electron chi connectivity index (χ2n) is 4.99. The first kappa shape index (κ1) is 8.33. The molecule has 0 spiro atoms. The van der Waals surface area contributed by atoms with Crippen molar-refractivity contribution >= 4 is 5.82 Å². The van der Waals surface area contributed by atoms with E-state index in [1.54, 1.807) is 0 Å². The number of anilines is 1. The molecule has 1 aromatic heterocycles. The van der Waals surface area contributed by atoms with Crippen LogP contribution in [-0.4, -0.2) is 9.78 Å². The van der Waals surface area contributed by atoms with Crippen molar-refractivity contribution in [3.63, 3.8) is 0 Å². The third kappa shape index (κ3) is 1.31. The van der Waals surface area contributed by atoms with Gasteiger partial charge in [-0.15, -0.1) is 0 Å². The van der Waals surface area contributed by atoms with Gasteiger partial charge in [-0.3, -0.25) is 4.68 Å². The average molecular weight is 191 g/mol. The summed E-state index contributed by atoms with van der Waals surface area (Å²) in [4.78, 5) is 0. The summed E-state index contributed by atoms with van der Waals surface area (Å²) < 4.78 is 2.07. The summed E-state index contributed by atoms with van der Waals surface area (Å²) >= 11 is 0. The molecule has 0 bridgehead atoms. The summed E-state index contributed by atoms with van der Waals surface area (Å²) in [5, 5.41) is 4.31. The van der Waals surface area contributed by atoms with Crippen LogP contribution in [0.15, 0.2) is 6.07 Å². The molecular weight excluding hydrogens is 174 g/mol. The lowest BCUT2D eigenvalue weighted by atomic mass is 10.0. The first-order chi connectivity index (χ1) is 6.72. The maximum atomic E-state index is 5.66. The van der Waals surface area contributed by atoms with Crippen LogP contribution in [0.5, 0.6) is 0 Å². The summed E-state index contributed by atoms with van der Waals surface area (Å²) in [6.07, 6.45) is 4.34. The molecule has 3 nitrogen and oxygen atoms in total. The Morgan fingerprint density at radius 3 is 2.71 bits per heavy atom. The van der Waals surface area contributed by atoms with E-state index in [0.717, 1.165) is 24.3 Å². The number of nitrogens with two attached hydrogens (primary N) is 1. The molecule has 14 heavy (non-hydrogen) atoms. The van der Waals surface area contributed by atoms with Crippen molar-refractivity contribution in [2.75, 3.05) is 5.73 Å². The van der Waals surface area contributed by atoms with Gasteiger partial charge in [-0.25, -0.2) is 0 Å². The van der Waals surface area contributed by atoms with Crippen LogP contribution in [0.3, 0.4) is 0 Å². The maximum absolute atomic E-state index is 5.66. The summed E-state index contributed by atoms with van der Waals surface area (Å²) in [5.41, 5.74) is 6.86. The lowest BCUT2D eigenvalue weighted by molar-refractivity contribution is 0.391. The Kier molecular flexibility index (Phi) is 1.64. The van der Waals surface area contributed by atoms with E-state index in [1.165, 1.54) is 25.0 Å². The number of aromatic nitrogens is 2. The number of nitrogens with zero attached hydrogens (tertiary/aromatic N) is 2. The van der Waals surface area contributed by atoms with Crippen LogP contribution in [0, 0.1) is 24.7 Å². The Labute approximate surface area is 84.3 Å². The lowest BCUT2D eigenvalue weighted by Crippen LogP contribution is -2.11. The van der Waals surface area contributed by atoms with Crippen molar-refractivity contribution < 1.29 is 0 Å². The molecule has 0 aromatic carbocycles. The highest BCUT2D eigenvalue weighted by molar-refractivity contribution is 5.28. The van der Waals surface area contributed by atoms with E-state index in [9.17, 15) is 0 Å². The van der Waals surface area contributed by atoms with E-state index < -0.39 is 0 Å². The van der Waals surface area contributed by atoms with Gasteiger partial charge >= 0.3 is 0 Å². The van der Waals surface area contributed by atoms with Crippen molar-refractivity contribution in [1.29, 1.82) is 0 Å². The molecule has 2 aliphatic rings. The number of hydrogen-bond donors (Lipinski definition) is 1. The van der Waals surface area contributed by atoms with Gasteiger partial charge in [0.1, 0.15) is 5.82 Å². The molecule has 2 atom stereocenters. The molecule has 0 aliphatic heterocycles. The predicted molar refractivity (Wildman–Crippen MR) is 55.7 cm³/mol. The summed E-state index contributed by atoms with van der Waals surface area (Å²) in [5.74, 6) is 3.64. The quantitative estimate of drug-likeness (QED) is 0.775. The van der Waals surface area contributed by atoms with Crippen LogP contribution in [0.2, 0.25) is 0 Å². The van der Waals surface area contributed by atoms with E-state index in [2.05, 4.69) is 16.7 Å². The van der Waals surface area contributed by atoms with Crippen LogP contribution >= 0.6 is 0 Å². The van der Waals surface area contributed by atoms with Crippen molar-refractivity contribution in [3.05, 3.63) is 11.8 Å². The van der Waals surface area contributed by atoms with Crippen molar-refractivity contribution in [2.45, 2.75) is 32.7 Å². The Morgan fingerprint density at radius 1 is 1.43 bits per heavy atom. The number of fused-ring (bicyclic) bond motifs is 1. The van der Waals surface area contributed by atoms with Gasteiger partial charge in [-0.1, -0.05) is 0 Å². The normalized spacial score (nSPS) is 34.5. The minimum absolute atomic E-state index is 0.658. The fourth-order valence-corrected chi connectivity index (χ4v) is 2.95. The zero-order valence-corrected chi connectivity index (χ0v) is 8.61. The molecular formula is C11H17N3. The molecule has 2 aliphatic carbocycles. The standard InChI is InChI=1S/C11H17N3/c1-7-2-11(12)13-14(7)6-8-3-9-5-10(9)4-8/h2,8-10H,3-6H2,1H3,(H2,12,13). The highest BCUT2D eigenvalue weighted by atomic mass is 15.3. The third-order valence-corrected chi connectivity index (χ3v) is 3.77. The first-order valence-corrected chi connectivity index (χ1v) is 5.52. The molecule has 2 unspecified atom stereocenters. The van der Waals surface area contributed by atoms with Gasteiger partial charge in [0.05, 0.1) is 0 Å². The van der Waals surface area contributed by atoms with Gasteiger partial charge in [0, 0.05) is 18.3 Å². The van der Waals surface area contributed by atoms with Crippen molar-refractivity contribution in [3.8, 4) is 0 Å². The van der Waals surface area contributed by atoms with Gasteiger partial charge in [0.15, 0.2) is 0 Å². The summed E-state index contributed by atoms with van der Waals surface area (Å²) in [7, 11) is 0. The Hall–Kier alpha value is -0.990. The molecule has 2 saturated carbocycles. The second-order valence-corrected chi connectivity index (χ2v) is 4.99. The largest absolute Gasteiger partial charge is 0.382 e. The molecule has 3 rings (SSSR count). The molecule has 1 heterocycles. The number of aryl methyl sites for hydroxylation is 1.